The lowest BCUT2D eigenvalue weighted by Crippen LogP contribution is -2.42. The van der Waals surface area contributed by atoms with E-state index in [9.17, 15) is 0 Å². The van der Waals surface area contributed by atoms with E-state index in [1.807, 2.05) is 6.92 Å². The summed E-state index contributed by atoms with van der Waals surface area (Å²) in [5.41, 5.74) is 0. The summed E-state index contributed by atoms with van der Waals surface area (Å²) < 4.78 is 5.65. The first kappa shape index (κ1) is 16.3. The van der Waals surface area contributed by atoms with Crippen LogP contribution in [0, 0.1) is 0 Å². The Labute approximate surface area is 121 Å². The Balaban J connectivity index is 2.48. The van der Waals surface area contributed by atoms with Crippen molar-refractivity contribution in [3.8, 4) is 0 Å². The Bertz CT molecular complexity index is 319. The van der Waals surface area contributed by atoms with Crippen molar-refractivity contribution < 1.29 is 4.52 Å². The zero-order chi connectivity index (χ0) is 13.6. The van der Waals surface area contributed by atoms with Crippen molar-refractivity contribution in [1.29, 1.82) is 0 Å². The zero-order valence-electron chi connectivity index (χ0n) is 11.4. The summed E-state index contributed by atoms with van der Waals surface area (Å²) in [7, 11) is 0. The Morgan fingerprint density at radius 2 is 2.00 bits per heavy atom. The lowest BCUT2D eigenvalue weighted by molar-refractivity contribution is 0.363. The molecular weight excluding hydrogens is 285 g/mol. The molecule has 0 aliphatic heterocycles. The molecule has 1 fully saturated rings. The van der Waals surface area contributed by atoms with Crippen LogP contribution in [-0.4, -0.2) is 23.8 Å². The molecule has 0 aromatic rings. The highest BCUT2D eigenvalue weighted by molar-refractivity contribution is 8.10. The molecular formula is C11H24N3OPS2. The van der Waals surface area contributed by atoms with Crippen LogP contribution in [0.15, 0.2) is 0 Å². The van der Waals surface area contributed by atoms with Crippen LogP contribution >= 0.6 is 18.8 Å². The molecule has 0 radical (unpaired) electrons. The average Bonchev–Trinajstić information content (AvgIpc) is 2.67. The number of nitrogens with one attached hydrogen (secondary N) is 3. The smallest absolute Gasteiger partial charge is 0.225 e. The van der Waals surface area contributed by atoms with Gasteiger partial charge in [-0.2, -0.15) is 0 Å². The third-order valence-electron chi connectivity index (χ3n) is 2.68. The maximum Gasteiger partial charge on any atom is 0.225 e. The van der Waals surface area contributed by atoms with Gasteiger partial charge in [0.2, 0.25) is 6.57 Å². The van der Waals surface area contributed by atoms with E-state index >= 15 is 0 Å². The molecule has 18 heavy (non-hydrogen) atoms. The fraction of sp³-hybridized carbons (Fsp3) is 0.909. The molecule has 1 aliphatic rings. The molecule has 0 spiro atoms. The molecule has 0 aromatic carbocycles. The number of hydrogen-bond donors (Lipinski definition) is 3. The highest BCUT2D eigenvalue weighted by Crippen LogP contribution is 2.38. The van der Waals surface area contributed by atoms with Crippen LogP contribution < -0.4 is 15.5 Å². The van der Waals surface area contributed by atoms with Gasteiger partial charge in [0.25, 0.3) is 0 Å². The van der Waals surface area contributed by atoms with E-state index in [4.69, 9.17) is 28.5 Å². The molecule has 3 N–H and O–H groups in total. The van der Waals surface area contributed by atoms with E-state index in [-0.39, 0.29) is 6.04 Å². The van der Waals surface area contributed by atoms with Gasteiger partial charge in [-0.05, 0) is 57.6 Å². The van der Waals surface area contributed by atoms with Gasteiger partial charge in [-0.3, -0.25) is 0 Å². The summed E-state index contributed by atoms with van der Waals surface area (Å²) in [5, 5.41) is 10.4. The van der Waals surface area contributed by atoms with E-state index in [2.05, 4.69) is 29.3 Å². The monoisotopic (exact) mass is 309 g/mol. The molecule has 0 heterocycles. The number of hydrogen-bond acceptors (Lipinski definition) is 3. The minimum Gasteiger partial charge on any atom is -0.360 e. The van der Waals surface area contributed by atoms with Crippen LogP contribution in [0.1, 0.15) is 46.5 Å². The summed E-state index contributed by atoms with van der Waals surface area (Å²) >= 11 is 10.9. The van der Waals surface area contributed by atoms with Crippen LogP contribution in [0.25, 0.3) is 0 Å². The average molecular weight is 309 g/mol. The normalized spacial score (nSPS) is 19.8. The third-order valence-corrected chi connectivity index (χ3v) is 5.95. The predicted molar refractivity (Wildman–Crippen MR) is 85.3 cm³/mol. The summed E-state index contributed by atoms with van der Waals surface area (Å²) in [6, 6.07) is 0.762. The van der Waals surface area contributed by atoms with E-state index in [1.54, 1.807) is 0 Å². The van der Waals surface area contributed by atoms with Gasteiger partial charge in [-0.15, -0.1) is 0 Å². The van der Waals surface area contributed by atoms with Gasteiger partial charge in [0.15, 0.2) is 5.11 Å². The molecule has 0 bridgehead atoms. The summed E-state index contributed by atoms with van der Waals surface area (Å²) in [4.78, 5) is 0. The fourth-order valence-electron chi connectivity index (χ4n) is 2.05. The van der Waals surface area contributed by atoms with Crippen molar-refractivity contribution in [2.24, 2.45) is 0 Å². The van der Waals surface area contributed by atoms with Crippen LogP contribution in [0.5, 0.6) is 0 Å². The first-order chi connectivity index (χ1) is 8.45. The van der Waals surface area contributed by atoms with Crippen molar-refractivity contribution in [1.82, 2.24) is 15.5 Å². The minimum atomic E-state index is -2.26. The second-order valence-electron chi connectivity index (χ2n) is 4.82. The van der Waals surface area contributed by atoms with E-state index in [1.165, 1.54) is 25.7 Å². The highest BCUT2D eigenvalue weighted by atomic mass is 32.4. The Kier molecular flexibility index (Phi) is 7.03. The van der Waals surface area contributed by atoms with Crippen LogP contribution in [0.3, 0.4) is 0 Å². The maximum absolute atomic E-state index is 5.65. The standard InChI is InChI=1S/C11H24N3OPS2/c1-4-15-16(18,13-9(2)3)14-11(17)12-10-7-5-6-8-10/h9-10H,4-8H2,1-3H3,(H3,12,13,14,17,18). The predicted octanol–water partition coefficient (Wildman–Crippen LogP) is 2.65. The molecule has 1 unspecified atom stereocenters. The lowest BCUT2D eigenvalue weighted by Gasteiger charge is -2.28. The molecule has 1 rings (SSSR count). The van der Waals surface area contributed by atoms with E-state index in [0.717, 1.165) is 0 Å². The molecule has 0 amide bonds. The van der Waals surface area contributed by atoms with E-state index < -0.39 is 6.57 Å². The van der Waals surface area contributed by atoms with Crippen LogP contribution in [0.2, 0.25) is 0 Å². The van der Waals surface area contributed by atoms with Crippen molar-refractivity contribution in [2.45, 2.75) is 58.5 Å². The summed E-state index contributed by atoms with van der Waals surface area (Å²) in [6.45, 7) is 4.36. The van der Waals surface area contributed by atoms with Gasteiger partial charge in [0.1, 0.15) is 0 Å². The first-order valence-corrected chi connectivity index (χ1v) is 9.69. The Hall–Kier alpha value is 0.260. The largest absolute Gasteiger partial charge is 0.360 e. The van der Waals surface area contributed by atoms with E-state index in [0.29, 0.717) is 17.8 Å². The molecule has 1 saturated carbocycles. The van der Waals surface area contributed by atoms with Crippen LogP contribution in [0.4, 0.5) is 0 Å². The topological polar surface area (TPSA) is 45.3 Å². The fourth-order valence-corrected chi connectivity index (χ4v) is 5.57. The molecule has 106 valence electrons. The molecule has 1 aliphatic carbocycles. The summed E-state index contributed by atoms with van der Waals surface area (Å²) in [5.74, 6) is 0. The van der Waals surface area contributed by atoms with Gasteiger partial charge in [0, 0.05) is 12.1 Å². The third kappa shape index (κ3) is 5.93. The van der Waals surface area contributed by atoms with Crippen LogP contribution in [-0.2, 0) is 16.3 Å². The zero-order valence-corrected chi connectivity index (χ0v) is 13.9. The Morgan fingerprint density at radius 1 is 1.39 bits per heavy atom. The molecule has 0 saturated heterocycles. The van der Waals surface area contributed by atoms with Gasteiger partial charge in [-0.25, -0.2) is 5.09 Å². The quantitative estimate of drug-likeness (QED) is 0.518. The SMILES string of the molecule is CCOP(=S)(NC(=S)NC1CCCC1)NC(C)C. The number of rotatable bonds is 6. The van der Waals surface area contributed by atoms with Gasteiger partial charge >= 0.3 is 0 Å². The van der Waals surface area contributed by atoms with Gasteiger partial charge < -0.3 is 14.9 Å². The van der Waals surface area contributed by atoms with Crippen molar-refractivity contribution in [3.05, 3.63) is 0 Å². The molecule has 1 atom stereocenters. The molecule has 0 aromatic heterocycles. The van der Waals surface area contributed by atoms with Crippen molar-refractivity contribution in [3.63, 3.8) is 0 Å². The van der Waals surface area contributed by atoms with Crippen molar-refractivity contribution in [2.75, 3.05) is 6.61 Å². The second kappa shape index (κ2) is 7.75. The molecule has 4 nitrogen and oxygen atoms in total. The van der Waals surface area contributed by atoms with Gasteiger partial charge in [0.05, 0.1) is 6.61 Å². The lowest BCUT2D eigenvalue weighted by atomic mass is 10.3. The van der Waals surface area contributed by atoms with Gasteiger partial charge in [-0.1, -0.05) is 12.8 Å². The number of thiocarbonyl (C=S) groups is 1. The minimum absolute atomic E-state index is 0.268. The highest BCUT2D eigenvalue weighted by Gasteiger charge is 2.22. The Morgan fingerprint density at radius 3 is 2.50 bits per heavy atom. The summed E-state index contributed by atoms with van der Waals surface area (Å²) in [6.07, 6.45) is 4.95. The molecule has 7 heteroatoms. The second-order valence-corrected chi connectivity index (χ2v) is 8.61. The van der Waals surface area contributed by atoms with Crippen molar-refractivity contribution >= 4 is 35.7 Å². The first-order valence-electron chi connectivity index (χ1n) is 6.56. The maximum atomic E-state index is 5.65.